The minimum atomic E-state index is 0.105. The van der Waals surface area contributed by atoms with Crippen LogP contribution >= 0.6 is 0 Å². The number of quaternary nitrogens is 1. The summed E-state index contributed by atoms with van der Waals surface area (Å²) in [5, 5.41) is 3.08. The third-order valence-corrected chi connectivity index (χ3v) is 5.68. The number of benzene rings is 2. The van der Waals surface area contributed by atoms with E-state index in [1.165, 1.54) is 27.3 Å². The molecule has 1 heterocycles. The predicted octanol–water partition coefficient (Wildman–Crippen LogP) is 2.26. The Morgan fingerprint density at radius 1 is 0.962 bits per heavy atom. The van der Waals surface area contributed by atoms with Crippen molar-refractivity contribution in [3.05, 3.63) is 58.7 Å². The van der Waals surface area contributed by atoms with Crippen molar-refractivity contribution in [2.24, 2.45) is 0 Å². The van der Waals surface area contributed by atoms with Crippen LogP contribution in [0.2, 0.25) is 0 Å². The van der Waals surface area contributed by atoms with Crippen LogP contribution in [0.4, 0.5) is 11.4 Å². The summed E-state index contributed by atoms with van der Waals surface area (Å²) in [5.41, 5.74) is 7.33. The average Bonchev–Trinajstić information content (AvgIpc) is 2.62. The van der Waals surface area contributed by atoms with Gasteiger partial charge in [0.25, 0.3) is 5.91 Å². The molecular formula is C22H30N3O+. The third-order valence-electron chi connectivity index (χ3n) is 5.68. The second-order valence-corrected chi connectivity index (χ2v) is 7.43. The molecular weight excluding hydrogens is 322 g/mol. The maximum Gasteiger partial charge on any atom is 0.279 e. The molecule has 2 aromatic carbocycles. The molecule has 0 aromatic heterocycles. The zero-order valence-electron chi connectivity index (χ0n) is 16.4. The number of hydrogen-bond donors (Lipinski definition) is 2. The summed E-state index contributed by atoms with van der Waals surface area (Å²) in [7, 11) is 0. The van der Waals surface area contributed by atoms with Gasteiger partial charge in [-0.3, -0.25) is 4.79 Å². The molecule has 2 aromatic rings. The number of anilines is 2. The molecule has 0 unspecified atom stereocenters. The minimum Gasteiger partial charge on any atom is -0.360 e. The summed E-state index contributed by atoms with van der Waals surface area (Å²) in [6, 6.07) is 12.6. The Morgan fingerprint density at radius 3 is 2.27 bits per heavy atom. The van der Waals surface area contributed by atoms with E-state index in [2.05, 4.69) is 62.2 Å². The maximum atomic E-state index is 12.4. The molecule has 4 nitrogen and oxygen atoms in total. The van der Waals surface area contributed by atoms with Crippen LogP contribution in [-0.2, 0) is 4.79 Å². The van der Waals surface area contributed by atoms with Crippen LogP contribution in [-0.4, -0.2) is 38.6 Å². The average molecular weight is 353 g/mol. The first-order chi connectivity index (χ1) is 12.5. The fourth-order valence-electron chi connectivity index (χ4n) is 3.63. The molecule has 0 spiro atoms. The van der Waals surface area contributed by atoms with Gasteiger partial charge in [0.15, 0.2) is 6.54 Å². The highest BCUT2D eigenvalue weighted by Crippen LogP contribution is 2.22. The summed E-state index contributed by atoms with van der Waals surface area (Å²) in [6.45, 7) is 13.0. The molecule has 0 saturated carbocycles. The highest BCUT2D eigenvalue weighted by Gasteiger charge is 2.23. The van der Waals surface area contributed by atoms with E-state index in [0.29, 0.717) is 6.54 Å². The second kappa shape index (κ2) is 7.92. The Morgan fingerprint density at radius 2 is 1.58 bits per heavy atom. The molecule has 26 heavy (non-hydrogen) atoms. The first-order valence-electron chi connectivity index (χ1n) is 9.46. The zero-order valence-corrected chi connectivity index (χ0v) is 16.4. The molecule has 4 heteroatoms. The van der Waals surface area contributed by atoms with Crippen LogP contribution in [0.5, 0.6) is 0 Å². The fraction of sp³-hybridized carbons (Fsp3) is 0.409. The number of carbonyl (C=O) groups is 1. The summed E-state index contributed by atoms with van der Waals surface area (Å²) < 4.78 is 0. The Hall–Kier alpha value is -2.33. The number of rotatable bonds is 4. The monoisotopic (exact) mass is 352 g/mol. The van der Waals surface area contributed by atoms with Gasteiger partial charge in [0.1, 0.15) is 0 Å². The standard InChI is InChI=1S/C22H29N3O/c1-16-7-5-9-20(18(16)3)23-22(26)15-24-11-13-25(14-12-24)21-10-6-8-17(2)19(21)4/h5-10H,11-15H2,1-4H3,(H,23,26)/p+1. The first-order valence-corrected chi connectivity index (χ1v) is 9.46. The van der Waals surface area contributed by atoms with Crippen LogP contribution in [0.15, 0.2) is 36.4 Å². The van der Waals surface area contributed by atoms with Crippen LogP contribution < -0.4 is 15.1 Å². The van der Waals surface area contributed by atoms with Gasteiger partial charge in [0.2, 0.25) is 0 Å². The van der Waals surface area contributed by atoms with Crippen LogP contribution in [0, 0.1) is 27.7 Å². The van der Waals surface area contributed by atoms with Crippen molar-refractivity contribution in [3.63, 3.8) is 0 Å². The lowest BCUT2D eigenvalue weighted by Gasteiger charge is -2.34. The molecule has 1 amide bonds. The Bertz CT molecular complexity index is 792. The Balaban J connectivity index is 1.54. The van der Waals surface area contributed by atoms with Gasteiger partial charge in [-0.2, -0.15) is 0 Å². The molecule has 0 radical (unpaired) electrons. The number of nitrogens with zero attached hydrogens (tertiary/aromatic N) is 1. The van der Waals surface area contributed by atoms with E-state index < -0.39 is 0 Å². The van der Waals surface area contributed by atoms with Crippen molar-refractivity contribution in [1.29, 1.82) is 0 Å². The number of carbonyl (C=O) groups excluding carboxylic acids is 1. The van der Waals surface area contributed by atoms with E-state index >= 15 is 0 Å². The first kappa shape index (κ1) is 18.5. The van der Waals surface area contributed by atoms with E-state index in [4.69, 9.17) is 0 Å². The summed E-state index contributed by atoms with van der Waals surface area (Å²) in [4.78, 5) is 16.3. The maximum absolute atomic E-state index is 12.4. The van der Waals surface area contributed by atoms with Gasteiger partial charge in [0.05, 0.1) is 26.2 Å². The Labute approximate surface area is 156 Å². The van der Waals surface area contributed by atoms with Crippen molar-refractivity contribution in [1.82, 2.24) is 0 Å². The number of hydrogen-bond acceptors (Lipinski definition) is 2. The summed E-state index contributed by atoms with van der Waals surface area (Å²) >= 11 is 0. The van der Waals surface area contributed by atoms with Crippen molar-refractivity contribution in [2.45, 2.75) is 27.7 Å². The number of amides is 1. The third kappa shape index (κ3) is 4.07. The molecule has 0 bridgehead atoms. The fourth-order valence-corrected chi connectivity index (χ4v) is 3.63. The van der Waals surface area contributed by atoms with Gasteiger partial charge in [0, 0.05) is 11.4 Å². The van der Waals surface area contributed by atoms with Gasteiger partial charge in [-0.1, -0.05) is 24.3 Å². The smallest absolute Gasteiger partial charge is 0.279 e. The molecule has 1 aliphatic rings. The van der Waals surface area contributed by atoms with Crippen molar-refractivity contribution in [3.8, 4) is 0 Å². The van der Waals surface area contributed by atoms with Gasteiger partial charge in [-0.15, -0.1) is 0 Å². The summed E-state index contributed by atoms with van der Waals surface area (Å²) in [5.74, 6) is 0.105. The Kier molecular flexibility index (Phi) is 5.62. The zero-order chi connectivity index (χ0) is 18.7. The van der Waals surface area contributed by atoms with Crippen molar-refractivity contribution < 1.29 is 9.69 Å². The quantitative estimate of drug-likeness (QED) is 0.886. The van der Waals surface area contributed by atoms with Gasteiger partial charge in [-0.25, -0.2) is 0 Å². The number of piperazine rings is 1. The van der Waals surface area contributed by atoms with Gasteiger partial charge < -0.3 is 15.1 Å². The highest BCUT2D eigenvalue weighted by atomic mass is 16.2. The minimum absolute atomic E-state index is 0.105. The van der Waals surface area contributed by atoms with E-state index in [1.807, 2.05) is 12.1 Å². The SMILES string of the molecule is Cc1cccc(NC(=O)C[NH+]2CCN(c3cccc(C)c3C)CC2)c1C. The molecule has 3 rings (SSSR count). The van der Waals surface area contributed by atoms with E-state index in [9.17, 15) is 4.79 Å². The summed E-state index contributed by atoms with van der Waals surface area (Å²) in [6.07, 6.45) is 0. The lowest BCUT2D eigenvalue weighted by atomic mass is 10.1. The van der Waals surface area contributed by atoms with Gasteiger partial charge >= 0.3 is 0 Å². The van der Waals surface area contributed by atoms with Crippen LogP contribution in [0.3, 0.4) is 0 Å². The normalized spacial score (nSPS) is 15.2. The molecule has 2 N–H and O–H groups in total. The van der Waals surface area contributed by atoms with Crippen LogP contribution in [0.1, 0.15) is 22.3 Å². The lowest BCUT2D eigenvalue weighted by Crippen LogP contribution is -3.15. The number of aryl methyl sites for hydroxylation is 2. The topological polar surface area (TPSA) is 36.8 Å². The van der Waals surface area contributed by atoms with Crippen molar-refractivity contribution >= 4 is 17.3 Å². The molecule has 138 valence electrons. The number of nitrogens with one attached hydrogen (secondary N) is 2. The van der Waals surface area contributed by atoms with Gasteiger partial charge in [-0.05, 0) is 62.1 Å². The second-order valence-electron chi connectivity index (χ2n) is 7.43. The van der Waals surface area contributed by atoms with E-state index in [-0.39, 0.29) is 5.91 Å². The van der Waals surface area contributed by atoms with E-state index in [1.54, 1.807) is 0 Å². The van der Waals surface area contributed by atoms with E-state index in [0.717, 1.165) is 37.4 Å². The molecule has 1 saturated heterocycles. The lowest BCUT2D eigenvalue weighted by molar-refractivity contribution is -0.892. The highest BCUT2D eigenvalue weighted by molar-refractivity contribution is 5.92. The van der Waals surface area contributed by atoms with Crippen molar-refractivity contribution in [2.75, 3.05) is 42.9 Å². The molecule has 1 fully saturated rings. The largest absolute Gasteiger partial charge is 0.360 e. The molecule has 0 aliphatic carbocycles. The predicted molar refractivity (Wildman–Crippen MR) is 108 cm³/mol. The van der Waals surface area contributed by atoms with Crippen LogP contribution in [0.25, 0.3) is 0 Å². The molecule has 0 atom stereocenters. The molecule has 1 aliphatic heterocycles.